The molecule has 4 heteroatoms. The van der Waals surface area contributed by atoms with E-state index in [9.17, 15) is 0 Å². The Hall–Kier alpha value is -2.10. The molecule has 0 aliphatic carbocycles. The Balaban J connectivity index is 2.19. The fourth-order valence-electron chi connectivity index (χ4n) is 1.13. The first-order chi connectivity index (χ1) is 6.84. The van der Waals surface area contributed by atoms with Crippen LogP contribution in [0.15, 0.2) is 42.9 Å². The van der Waals surface area contributed by atoms with Gasteiger partial charge in [0.2, 0.25) is 0 Å². The van der Waals surface area contributed by atoms with Gasteiger partial charge in [0.1, 0.15) is 12.1 Å². The first-order valence-corrected chi connectivity index (χ1v) is 4.23. The summed E-state index contributed by atoms with van der Waals surface area (Å²) < 4.78 is 0. The molecule has 0 radical (unpaired) electrons. The van der Waals surface area contributed by atoms with Crippen molar-refractivity contribution >= 4 is 17.2 Å². The first kappa shape index (κ1) is 8.50. The molecule has 2 aromatic rings. The van der Waals surface area contributed by atoms with Gasteiger partial charge in [-0.05, 0) is 24.3 Å². The molecular formula is C10H10N4. The summed E-state index contributed by atoms with van der Waals surface area (Å²) in [6.45, 7) is 0. The molecule has 0 bridgehead atoms. The van der Waals surface area contributed by atoms with E-state index in [0.29, 0.717) is 0 Å². The molecule has 70 valence electrons. The molecular weight excluding hydrogens is 176 g/mol. The maximum absolute atomic E-state index is 5.64. The van der Waals surface area contributed by atoms with Gasteiger partial charge in [-0.15, -0.1) is 0 Å². The normalized spacial score (nSPS) is 9.71. The standard InChI is InChI=1S/C10H10N4/c11-8-2-1-3-9(6-8)14-10-4-5-12-7-13-10/h1-7H,11H2,(H,12,13,14). The Labute approximate surface area is 81.8 Å². The average Bonchev–Trinajstić information content (AvgIpc) is 2.19. The minimum Gasteiger partial charge on any atom is -0.399 e. The minimum absolute atomic E-state index is 0.726. The zero-order valence-corrected chi connectivity index (χ0v) is 7.51. The quantitative estimate of drug-likeness (QED) is 0.702. The van der Waals surface area contributed by atoms with Gasteiger partial charge in [-0.25, -0.2) is 9.97 Å². The second-order valence-corrected chi connectivity index (χ2v) is 2.85. The van der Waals surface area contributed by atoms with E-state index in [1.165, 1.54) is 6.33 Å². The summed E-state index contributed by atoms with van der Waals surface area (Å²) in [5, 5.41) is 3.11. The number of nitrogens with two attached hydrogens (primary N) is 1. The Morgan fingerprint density at radius 1 is 1.21 bits per heavy atom. The number of hydrogen-bond donors (Lipinski definition) is 2. The maximum atomic E-state index is 5.64. The topological polar surface area (TPSA) is 63.8 Å². The van der Waals surface area contributed by atoms with Crippen LogP contribution in [0.1, 0.15) is 0 Å². The molecule has 0 unspecified atom stereocenters. The van der Waals surface area contributed by atoms with Crippen molar-refractivity contribution in [3.05, 3.63) is 42.9 Å². The zero-order valence-electron chi connectivity index (χ0n) is 7.51. The highest BCUT2D eigenvalue weighted by molar-refractivity contribution is 5.60. The molecule has 4 nitrogen and oxygen atoms in total. The summed E-state index contributed by atoms with van der Waals surface area (Å²) in [5.41, 5.74) is 7.29. The van der Waals surface area contributed by atoms with Gasteiger partial charge in [-0.3, -0.25) is 0 Å². The van der Waals surface area contributed by atoms with E-state index in [1.807, 2.05) is 24.3 Å². The summed E-state index contributed by atoms with van der Waals surface area (Å²) in [4.78, 5) is 7.87. The molecule has 0 atom stereocenters. The fourth-order valence-corrected chi connectivity index (χ4v) is 1.13. The Morgan fingerprint density at radius 2 is 2.14 bits per heavy atom. The molecule has 14 heavy (non-hydrogen) atoms. The van der Waals surface area contributed by atoms with Crippen molar-refractivity contribution in [2.75, 3.05) is 11.1 Å². The van der Waals surface area contributed by atoms with Gasteiger partial charge in [-0.1, -0.05) is 6.07 Å². The van der Waals surface area contributed by atoms with Gasteiger partial charge in [0.15, 0.2) is 0 Å². The lowest BCUT2D eigenvalue weighted by Gasteiger charge is -2.04. The van der Waals surface area contributed by atoms with Crippen LogP contribution in [-0.2, 0) is 0 Å². The van der Waals surface area contributed by atoms with Crippen LogP contribution in [0, 0.1) is 0 Å². The smallest absolute Gasteiger partial charge is 0.133 e. The molecule has 0 saturated heterocycles. The lowest BCUT2D eigenvalue weighted by molar-refractivity contribution is 1.17. The SMILES string of the molecule is Nc1cccc(Nc2ccncn2)c1. The van der Waals surface area contributed by atoms with Gasteiger partial charge >= 0.3 is 0 Å². The van der Waals surface area contributed by atoms with E-state index >= 15 is 0 Å². The van der Waals surface area contributed by atoms with E-state index in [-0.39, 0.29) is 0 Å². The van der Waals surface area contributed by atoms with E-state index < -0.39 is 0 Å². The predicted octanol–water partition coefficient (Wildman–Crippen LogP) is 1.80. The Kier molecular flexibility index (Phi) is 2.27. The molecule has 2 rings (SSSR count). The van der Waals surface area contributed by atoms with Crippen LogP contribution in [0.5, 0.6) is 0 Å². The van der Waals surface area contributed by atoms with Crippen molar-refractivity contribution in [3.8, 4) is 0 Å². The highest BCUT2D eigenvalue weighted by Crippen LogP contribution is 2.15. The molecule has 3 N–H and O–H groups in total. The van der Waals surface area contributed by atoms with Gasteiger partial charge in [0.05, 0.1) is 0 Å². The molecule has 1 aromatic heterocycles. The van der Waals surface area contributed by atoms with Crippen molar-refractivity contribution in [2.45, 2.75) is 0 Å². The average molecular weight is 186 g/mol. The molecule has 0 aliphatic rings. The van der Waals surface area contributed by atoms with Crippen molar-refractivity contribution in [1.82, 2.24) is 9.97 Å². The fraction of sp³-hybridized carbons (Fsp3) is 0. The zero-order chi connectivity index (χ0) is 9.80. The number of rotatable bonds is 2. The third kappa shape index (κ3) is 1.98. The van der Waals surface area contributed by atoms with Crippen molar-refractivity contribution in [3.63, 3.8) is 0 Å². The lowest BCUT2D eigenvalue weighted by Crippen LogP contribution is -1.94. The van der Waals surface area contributed by atoms with Crippen molar-refractivity contribution < 1.29 is 0 Å². The molecule has 0 saturated carbocycles. The number of benzene rings is 1. The second-order valence-electron chi connectivity index (χ2n) is 2.85. The molecule has 0 aliphatic heterocycles. The Bertz CT molecular complexity index is 413. The maximum Gasteiger partial charge on any atom is 0.133 e. The molecule has 0 amide bonds. The molecule has 1 heterocycles. The van der Waals surface area contributed by atoms with Crippen LogP contribution in [0.4, 0.5) is 17.2 Å². The number of nitrogen functional groups attached to an aromatic ring is 1. The van der Waals surface area contributed by atoms with Gasteiger partial charge in [0.25, 0.3) is 0 Å². The first-order valence-electron chi connectivity index (χ1n) is 4.23. The summed E-state index contributed by atoms with van der Waals surface area (Å²) in [6.07, 6.45) is 3.18. The monoisotopic (exact) mass is 186 g/mol. The van der Waals surface area contributed by atoms with Crippen LogP contribution in [0.3, 0.4) is 0 Å². The summed E-state index contributed by atoms with van der Waals surface area (Å²) in [6, 6.07) is 9.30. The number of nitrogens with one attached hydrogen (secondary N) is 1. The van der Waals surface area contributed by atoms with Gasteiger partial charge in [-0.2, -0.15) is 0 Å². The number of hydrogen-bond acceptors (Lipinski definition) is 4. The van der Waals surface area contributed by atoms with Gasteiger partial charge < -0.3 is 11.1 Å². The van der Waals surface area contributed by atoms with Crippen LogP contribution in [0.2, 0.25) is 0 Å². The summed E-state index contributed by atoms with van der Waals surface area (Å²) in [7, 11) is 0. The second kappa shape index (κ2) is 3.74. The third-order valence-corrected chi connectivity index (χ3v) is 1.74. The summed E-state index contributed by atoms with van der Waals surface area (Å²) >= 11 is 0. The number of aromatic nitrogens is 2. The number of anilines is 3. The lowest BCUT2D eigenvalue weighted by atomic mass is 10.3. The summed E-state index contributed by atoms with van der Waals surface area (Å²) in [5.74, 6) is 0.755. The van der Waals surface area contributed by atoms with Crippen LogP contribution in [-0.4, -0.2) is 9.97 Å². The van der Waals surface area contributed by atoms with Crippen LogP contribution in [0.25, 0.3) is 0 Å². The van der Waals surface area contributed by atoms with Gasteiger partial charge in [0, 0.05) is 17.6 Å². The molecule has 1 aromatic carbocycles. The van der Waals surface area contributed by atoms with Crippen molar-refractivity contribution in [2.24, 2.45) is 0 Å². The molecule has 0 spiro atoms. The third-order valence-electron chi connectivity index (χ3n) is 1.74. The Morgan fingerprint density at radius 3 is 2.86 bits per heavy atom. The van der Waals surface area contributed by atoms with E-state index in [2.05, 4.69) is 15.3 Å². The van der Waals surface area contributed by atoms with E-state index in [4.69, 9.17) is 5.73 Å². The van der Waals surface area contributed by atoms with E-state index in [0.717, 1.165) is 17.2 Å². The minimum atomic E-state index is 0.726. The number of nitrogens with zero attached hydrogens (tertiary/aromatic N) is 2. The molecule has 0 fully saturated rings. The largest absolute Gasteiger partial charge is 0.399 e. The van der Waals surface area contributed by atoms with Crippen LogP contribution >= 0.6 is 0 Å². The van der Waals surface area contributed by atoms with E-state index in [1.54, 1.807) is 12.3 Å². The van der Waals surface area contributed by atoms with Crippen molar-refractivity contribution in [1.29, 1.82) is 0 Å². The van der Waals surface area contributed by atoms with Crippen LogP contribution < -0.4 is 11.1 Å². The highest BCUT2D eigenvalue weighted by atomic mass is 15.0. The predicted molar refractivity (Wildman–Crippen MR) is 56.2 cm³/mol. The highest BCUT2D eigenvalue weighted by Gasteiger charge is 1.94.